The molecule has 6 nitrogen and oxygen atoms in total. The minimum absolute atomic E-state index is 0.0163. The van der Waals surface area contributed by atoms with Crippen LogP contribution < -0.4 is 5.32 Å². The first-order chi connectivity index (χ1) is 9.32. The van der Waals surface area contributed by atoms with E-state index in [1.165, 1.54) is 22.7 Å². The third kappa shape index (κ3) is 4.17. The van der Waals surface area contributed by atoms with E-state index in [9.17, 15) is 13.2 Å². The number of carbonyl (C=O) groups excluding carboxylic acids is 1. The van der Waals surface area contributed by atoms with Gasteiger partial charge in [-0.2, -0.15) is 17.0 Å². The Morgan fingerprint density at radius 3 is 2.45 bits per heavy atom. The summed E-state index contributed by atoms with van der Waals surface area (Å²) in [6.07, 6.45) is 3.28. The highest BCUT2D eigenvalue weighted by Crippen LogP contribution is 2.20. The van der Waals surface area contributed by atoms with E-state index in [0.29, 0.717) is 6.54 Å². The first kappa shape index (κ1) is 17.4. The molecule has 0 spiro atoms. The lowest BCUT2D eigenvalue weighted by molar-refractivity contribution is -0.126. The number of piperidine rings is 1. The zero-order valence-corrected chi connectivity index (χ0v) is 13.7. The predicted octanol–water partition coefficient (Wildman–Crippen LogP) is 0.810. The number of rotatable bonds is 6. The van der Waals surface area contributed by atoms with E-state index in [0.717, 1.165) is 25.7 Å². The van der Waals surface area contributed by atoms with Gasteiger partial charge in [-0.25, -0.2) is 0 Å². The van der Waals surface area contributed by atoms with Crippen molar-refractivity contribution in [3.63, 3.8) is 0 Å². The number of carbonyl (C=O) groups is 1. The van der Waals surface area contributed by atoms with Crippen LogP contribution in [0.2, 0.25) is 0 Å². The first-order valence-electron chi connectivity index (χ1n) is 7.30. The van der Waals surface area contributed by atoms with Gasteiger partial charge in [-0.3, -0.25) is 4.79 Å². The Bertz CT molecular complexity index is 419. The van der Waals surface area contributed by atoms with Gasteiger partial charge >= 0.3 is 0 Å². The standard InChI is InChI=1S/C13H27N3O3S/c1-5-12(6-2)14-13(17)11-8-7-9-16(10-11)20(18,19)15(3)4/h11-12H,5-10H2,1-4H3,(H,14,17)/t11-/m0/s1. The SMILES string of the molecule is CCC(CC)NC(=O)[C@H]1CCCN(S(=O)(=O)N(C)C)C1. The van der Waals surface area contributed by atoms with Gasteiger partial charge in [-0.05, 0) is 25.7 Å². The number of hydrogen-bond donors (Lipinski definition) is 1. The summed E-state index contributed by atoms with van der Waals surface area (Å²) in [7, 11) is -0.385. The van der Waals surface area contributed by atoms with Crippen LogP contribution in [0.25, 0.3) is 0 Å². The molecular weight excluding hydrogens is 278 g/mol. The second-order valence-electron chi connectivity index (χ2n) is 5.51. The van der Waals surface area contributed by atoms with E-state index in [4.69, 9.17) is 0 Å². The van der Waals surface area contributed by atoms with Crippen LogP contribution >= 0.6 is 0 Å². The molecule has 1 aliphatic heterocycles. The molecule has 1 heterocycles. The van der Waals surface area contributed by atoms with E-state index in [1.54, 1.807) is 0 Å². The van der Waals surface area contributed by atoms with Gasteiger partial charge in [0, 0.05) is 33.2 Å². The molecule has 1 saturated heterocycles. The summed E-state index contributed by atoms with van der Waals surface area (Å²) in [6.45, 7) is 4.86. The Hall–Kier alpha value is -0.660. The van der Waals surface area contributed by atoms with Crippen LogP contribution in [0, 0.1) is 5.92 Å². The molecule has 0 radical (unpaired) electrons. The zero-order chi connectivity index (χ0) is 15.3. The summed E-state index contributed by atoms with van der Waals surface area (Å²) >= 11 is 0. The van der Waals surface area contributed by atoms with Gasteiger partial charge in [0.25, 0.3) is 10.2 Å². The van der Waals surface area contributed by atoms with Crippen LogP contribution in [-0.2, 0) is 15.0 Å². The Labute approximate surface area is 122 Å². The average Bonchev–Trinajstić information content (AvgIpc) is 2.44. The van der Waals surface area contributed by atoms with Crippen LogP contribution in [-0.4, -0.2) is 56.2 Å². The van der Waals surface area contributed by atoms with E-state index in [2.05, 4.69) is 5.32 Å². The molecule has 0 aliphatic carbocycles. The number of hydrogen-bond acceptors (Lipinski definition) is 3. The van der Waals surface area contributed by atoms with Crippen molar-refractivity contribution in [2.45, 2.75) is 45.6 Å². The summed E-state index contributed by atoms with van der Waals surface area (Å²) < 4.78 is 26.8. The Morgan fingerprint density at radius 1 is 1.35 bits per heavy atom. The molecule has 20 heavy (non-hydrogen) atoms. The second-order valence-corrected chi connectivity index (χ2v) is 7.65. The predicted molar refractivity (Wildman–Crippen MR) is 79.4 cm³/mol. The van der Waals surface area contributed by atoms with Gasteiger partial charge in [0.05, 0.1) is 5.92 Å². The summed E-state index contributed by atoms with van der Waals surface area (Å²) in [5, 5.41) is 3.01. The first-order valence-corrected chi connectivity index (χ1v) is 8.70. The summed E-state index contributed by atoms with van der Waals surface area (Å²) in [4.78, 5) is 12.2. The number of nitrogens with zero attached hydrogens (tertiary/aromatic N) is 2. The minimum Gasteiger partial charge on any atom is -0.353 e. The van der Waals surface area contributed by atoms with Crippen molar-refractivity contribution in [3.05, 3.63) is 0 Å². The molecule has 1 rings (SSSR count). The Balaban J connectivity index is 2.68. The van der Waals surface area contributed by atoms with E-state index in [-0.39, 0.29) is 24.4 Å². The van der Waals surface area contributed by atoms with Gasteiger partial charge in [0.15, 0.2) is 0 Å². The smallest absolute Gasteiger partial charge is 0.281 e. The maximum absolute atomic E-state index is 12.2. The largest absolute Gasteiger partial charge is 0.353 e. The molecule has 0 bridgehead atoms. The fourth-order valence-corrected chi connectivity index (χ4v) is 3.60. The van der Waals surface area contributed by atoms with Crippen molar-refractivity contribution in [1.82, 2.24) is 13.9 Å². The van der Waals surface area contributed by atoms with Crippen molar-refractivity contribution < 1.29 is 13.2 Å². The van der Waals surface area contributed by atoms with Crippen LogP contribution in [0.3, 0.4) is 0 Å². The van der Waals surface area contributed by atoms with Crippen molar-refractivity contribution in [1.29, 1.82) is 0 Å². The summed E-state index contributed by atoms with van der Waals surface area (Å²) in [5.74, 6) is -0.253. The molecule has 0 aromatic heterocycles. The van der Waals surface area contributed by atoms with E-state index >= 15 is 0 Å². The molecule has 0 aromatic rings. The monoisotopic (exact) mass is 305 g/mol. The van der Waals surface area contributed by atoms with Gasteiger partial charge in [-0.15, -0.1) is 0 Å². The molecular formula is C13H27N3O3S. The fourth-order valence-electron chi connectivity index (χ4n) is 2.41. The third-order valence-electron chi connectivity index (χ3n) is 3.87. The average molecular weight is 305 g/mol. The quantitative estimate of drug-likeness (QED) is 0.789. The van der Waals surface area contributed by atoms with Crippen molar-refractivity contribution in [3.8, 4) is 0 Å². The molecule has 1 N–H and O–H groups in total. The third-order valence-corrected chi connectivity index (χ3v) is 5.78. The summed E-state index contributed by atoms with van der Waals surface area (Å²) in [6, 6.07) is 0.184. The highest BCUT2D eigenvalue weighted by molar-refractivity contribution is 7.86. The molecule has 1 atom stereocenters. The normalized spacial score (nSPS) is 21.4. The van der Waals surface area contributed by atoms with Crippen LogP contribution in [0.1, 0.15) is 39.5 Å². The Morgan fingerprint density at radius 2 is 1.95 bits per heavy atom. The molecule has 1 amide bonds. The second kappa shape index (κ2) is 7.38. The minimum atomic E-state index is -3.42. The van der Waals surface area contributed by atoms with Crippen molar-refractivity contribution >= 4 is 16.1 Å². The maximum atomic E-state index is 12.2. The highest BCUT2D eigenvalue weighted by atomic mass is 32.2. The molecule has 0 unspecified atom stereocenters. The van der Waals surface area contributed by atoms with Crippen LogP contribution in [0.5, 0.6) is 0 Å². The molecule has 1 aliphatic rings. The Kier molecular flexibility index (Phi) is 6.42. The summed E-state index contributed by atoms with van der Waals surface area (Å²) in [5.41, 5.74) is 0. The fraction of sp³-hybridized carbons (Fsp3) is 0.923. The molecule has 0 aromatic carbocycles. The van der Waals surface area contributed by atoms with Gasteiger partial charge in [0.2, 0.25) is 5.91 Å². The lowest BCUT2D eigenvalue weighted by atomic mass is 9.98. The molecule has 1 fully saturated rings. The van der Waals surface area contributed by atoms with Crippen LogP contribution in [0.15, 0.2) is 0 Å². The van der Waals surface area contributed by atoms with Crippen LogP contribution in [0.4, 0.5) is 0 Å². The number of nitrogens with one attached hydrogen (secondary N) is 1. The molecule has 7 heteroatoms. The van der Waals surface area contributed by atoms with E-state index in [1.807, 2.05) is 13.8 Å². The van der Waals surface area contributed by atoms with Crippen molar-refractivity contribution in [2.75, 3.05) is 27.2 Å². The maximum Gasteiger partial charge on any atom is 0.281 e. The lowest BCUT2D eigenvalue weighted by Gasteiger charge is -2.33. The zero-order valence-electron chi connectivity index (χ0n) is 12.9. The van der Waals surface area contributed by atoms with Crippen molar-refractivity contribution in [2.24, 2.45) is 5.92 Å². The van der Waals surface area contributed by atoms with Gasteiger partial charge in [-0.1, -0.05) is 13.8 Å². The van der Waals surface area contributed by atoms with Gasteiger partial charge < -0.3 is 5.32 Å². The van der Waals surface area contributed by atoms with E-state index < -0.39 is 10.2 Å². The number of amides is 1. The highest BCUT2D eigenvalue weighted by Gasteiger charge is 2.33. The molecule has 118 valence electrons. The molecule has 0 saturated carbocycles. The lowest BCUT2D eigenvalue weighted by Crippen LogP contribution is -2.50. The van der Waals surface area contributed by atoms with Gasteiger partial charge in [0.1, 0.15) is 0 Å². The topological polar surface area (TPSA) is 69.7 Å².